The standard InChI is InChI=1S/C19H26N4O6S2/c1-13(2)31(27,28)16-6-4-14(5-7-16)12-17-21-22-19(29-17)20-18(24)15-8-10-23(11-9-15)30(3,25)26/h4-7,13,15H,8-12H2,1-3H3,(H,20,22,24). The van der Waals surface area contributed by atoms with E-state index in [0.717, 1.165) is 11.8 Å². The van der Waals surface area contributed by atoms with Gasteiger partial charge in [-0.05, 0) is 44.4 Å². The second-order valence-corrected chi connectivity index (χ2v) is 12.3. The van der Waals surface area contributed by atoms with Gasteiger partial charge >= 0.3 is 6.01 Å². The van der Waals surface area contributed by atoms with Gasteiger partial charge in [0.2, 0.25) is 21.8 Å². The molecule has 0 bridgehead atoms. The van der Waals surface area contributed by atoms with Gasteiger partial charge in [0.1, 0.15) is 0 Å². The van der Waals surface area contributed by atoms with Gasteiger partial charge in [0.15, 0.2) is 9.84 Å². The van der Waals surface area contributed by atoms with Crippen LogP contribution in [0.25, 0.3) is 0 Å². The van der Waals surface area contributed by atoms with Crippen molar-refractivity contribution in [2.24, 2.45) is 5.92 Å². The van der Waals surface area contributed by atoms with Crippen LogP contribution in [0.1, 0.15) is 38.1 Å². The summed E-state index contributed by atoms with van der Waals surface area (Å²) in [4.78, 5) is 12.7. The highest BCUT2D eigenvalue weighted by molar-refractivity contribution is 7.92. The number of carbonyl (C=O) groups is 1. The summed E-state index contributed by atoms with van der Waals surface area (Å²) in [7, 11) is -6.58. The van der Waals surface area contributed by atoms with Crippen molar-refractivity contribution in [2.45, 2.75) is 43.3 Å². The molecule has 1 amide bonds. The Morgan fingerprint density at radius 1 is 1.13 bits per heavy atom. The fourth-order valence-electron chi connectivity index (χ4n) is 3.28. The maximum absolute atomic E-state index is 12.4. The molecule has 1 aromatic carbocycles. The van der Waals surface area contributed by atoms with Crippen molar-refractivity contribution in [3.05, 3.63) is 35.7 Å². The number of sulfonamides is 1. The maximum atomic E-state index is 12.4. The molecule has 1 aliphatic heterocycles. The molecule has 2 heterocycles. The zero-order chi connectivity index (χ0) is 22.8. The van der Waals surface area contributed by atoms with Crippen molar-refractivity contribution >= 4 is 31.8 Å². The lowest BCUT2D eigenvalue weighted by Gasteiger charge is -2.29. The van der Waals surface area contributed by atoms with Crippen molar-refractivity contribution in [3.63, 3.8) is 0 Å². The van der Waals surface area contributed by atoms with Crippen LogP contribution in [0.2, 0.25) is 0 Å². The van der Waals surface area contributed by atoms with E-state index in [9.17, 15) is 21.6 Å². The van der Waals surface area contributed by atoms with Crippen LogP contribution in [0, 0.1) is 5.92 Å². The van der Waals surface area contributed by atoms with E-state index in [4.69, 9.17) is 4.42 Å². The van der Waals surface area contributed by atoms with E-state index >= 15 is 0 Å². The zero-order valence-corrected chi connectivity index (χ0v) is 19.2. The number of hydrogen-bond acceptors (Lipinski definition) is 8. The highest BCUT2D eigenvalue weighted by Crippen LogP contribution is 2.22. The predicted octanol–water partition coefficient (Wildman–Crippen LogP) is 1.45. The number of sulfone groups is 1. The molecule has 10 nitrogen and oxygen atoms in total. The molecule has 1 fully saturated rings. The number of nitrogens with zero attached hydrogens (tertiary/aromatic N) is 3. The Bertz CT molecular complexity index is 1130. The molecule has 0 aliphatic carbocycles. The van der Waals surface area contributed by atoms with E-state index in [1.807, 2.05) is 0 Å². The number of benzene rings is 1. The number of carbonyl (C=O) groups excluding carboxylic acids is 1. The van der Waals surface area contributed by atoms with E-state index < -0.39 is 25.1 Å². The van der Waals surface area contributed by atoms with Crippen LogP contribution < -0.4 is 5.32 Å². The van der Waals surface area contributed by atoms with Crippen molar-refractivity contribution in [1.82, 2.24) is 14.5 Å². The Balaban J connectivity index is 1.57. The average Bonchev–Trinajstić information content (AvgIpc) is 3.14. The first-order valence-electron chi connectivity index (χ1n) is 9.88. The SMILES string of the molecule is CC(C)S(=O)(=O)c1ccc(Cc2nnc(NC(=O)C3CCN(S(C)(=O)=O)CC3)o2)cc1. The number of aromatic nitrogens is 2. The molecule has 0 radical (unpaired) electrons. The topological polar surface area (TPSA) is 140 Å². The Morgan fingerprint density at radius 2 is 1.74 bits per heavy atom. The van der Waals surface area contributed by atoms with E-state index in [1.54, 1.807) is 38.1 Å². The van der Waals surface area contributed by atoms with Crippen molar-refractivity contribution < 1.29 is 26.0 Å². The summed E-state index contributed by atoms with van der Waals surface area (Å²) < 4.78 is 54.4. The van der Waals surface area contributed by atoms with Crippen LogP contribution in [-0.4, -0.2) is 61.8 Å². The molecule has 12 heteroatoms. The maximum Gasteiger partial charge on any atom is 0.322 e. The van der Waals surface area contributed by atoms with Crippen LogP contribution >= 0.6 is 0 Å². The monoisotopic (exact) mass is 470 g/mol. The number of rotatable bonds is 7. The van der Waals surface area contributed by atoms with Gasteiger partial charge in [-0.2, -0.15) is 0 Å². The number of nitrogens with one attached hydrogen (secondary N) is 1. The molecular weight excluding hydrogens is 444 g/mol. The van der Waals surface area contributed by atoms with Crippen molar-refractivity contribution in [1.29, 1.82) is 0 Å². The molecule has 3 rings (SSSR count). The van der Waals surface area contributed by atoms with E-state index in [-0.39, 0.29) is 35.0 Å². The van der Waals surface area contributed by atoms with Crippen LogP contribution in [0.3, 0.4) is 0 Å². The van der Waals surface area contributed by atoms with Gasteiger partial charge in [-0.1, -0.05) is 17.2 Å². The third-order valence-corrected chi connectivity index (χ3v) is 8.69. The Hall–Kier alpha value is -2.31. The van der Waals surface area contributed by atoms with Gasteiger partial charge in [-0.3, -0.25) is 10.1 Å². The highest BCUT2D eigenvalue weighted by Gasteiger charge is 2.29. The quantitative estimate of drug-likeness (QED) is 0.641. The van der Waals surface area contributed by atoms with Crippen LogP contribution in [0.5, 0.6) is 0 Å². The van der Waals surface area contributed by atoms with E-state index in [2.05, 4.69) is 15.5 Å². The fourth-order valence-corrected chi connectivity index (χ4v) is 5.21. The second kappa shape index (κ2) is 9.05. The minimum atomic E-state index is -3.33. The van der Waals surface area contributed by atoms with Crippen LogP contribution in [0.4, 0.5) is 6.01 Å². The molecule has 1 saturated heterocycles. The largest absolute Gasteiger partial charge is 0.407 e. The van der Waals surface area contributed by atoms with Gasteiger partial charge in [0, 0.05) is 19.0 Å². The summed E-state index contributed by atoms with van der Waals surface area (Å²) in [6.45, 7) is 3.86. The molecule has 0 saturated carbocycles. The first-order chi connectivity index (χ1) is 14.5. The third-order valence-electron chi connectivity index (χ3n) is 5.22. The molecular formula is C19H26N4O6S2. The predicted molar refractivity (Wildman–Crippen MR) is 114 cm³/mol. The number of amides is 1. The van der Waals surface area contributed by atoms with Crippen molar-refractivity contribution in [3.8, 4) is 0 Å². The first-order valence-corrected chi connectivity index (χ1v) is 13.3. The highest BCUT2D eigenvalue weighted by atomic mass is 32.2. The second-order valence-electron chi connectivity index (χ2n) is 7.84. The van der Waals surface area contributed by atoms with Gasteiger partial charge in [0.05, 0.1) is 22.8 Å². The summed E-state index contributed by atoms with van der Waals surface area (Å²) in [5, 5.41) is 9.83. The fraction of sp³-hybridized carbons (Fsp3) is 0.526. The summed E-state index contributed by atoms with van der Waals surface area (Å²) in [5.41, 5.74) is 0.789. The zero-order valence-electron chi connectivity index (χ0n) is 17.6. The van der Waals surface area contributed by atoms with Gasteiger partial charge in [-0.25, -0.2) is 21.1 Å². The minimum absolute atomic E-state index is 0.0236. The Kier molecular flexibility index (Phi) is 6.82. The summed E-state index contributed by atoms with van der Waals surface area (Å²) in [6.07, 6.45) is 2.29. The van der Waals surface area contributed by atoms with Gasteiger partial charge in [0.25, 0.3) is 0 Å². The molecule has 0 atom stereocenters. The lowest BCUT2D eigenvalue weighted by atomic mass is 9.97. The third kappa shape index (κ3) is 5.69. The van der Waals surface area contributed by atoms with Crippen LogP contribution in [0.15, 0.2) is 33.6 Å². The molecule has 1 aromatic heterocycles. The molecule has 170 valence electrons. The van der Waals surface area contributed by atoms with Gasteiger partial charge in [-0.15, -0.1) is 5.10 Å². The molecule has 0 unspecified atom stereocenters. The average molecular weight is 471 g/mol. The Labute approximate surface area is 182 Å². The molecule has 2 aromatic rings. The lowest BCUT2D eigenvalue weighted by molar-refractivity contribution is -0.121. The summed E-state index contributed by atoms with van der Waals surface area (Å²) in [6, 6.07) is 6.45. The van der Waals surface area contributed by atoms with Crippen molar-refractivity contribution in [2.75, 3.05) is 24.7 Å². The Morgan fingerprint density at radius 3 is 2.29 bits per heavy atom. The summed E-state index contributed by atoms with van der Waals surface area (Å²) in [5.74, 6) is -0.336. The summed E-state index contributed by atoms with van der Waals surface area (Å²) >= 11 is 0. The van der Waals surface area contributed by atoms with E-state index in [1.165, 1.54) is 4.31 Å². The molecule has 31 heavy (non-hydrogen) atoms. The molecule has 1 aliphatic rings. The number of piperidine rings is 1. The molecule has 1 N–H and O–H groups in total. The smallest absolute Gasteiger partial charge is 0.322 e. The number of hydrogen-bond donors (Lipinski definition) is 1. The van der Waals surface area contributed by atoms with E-state index in [0.29, 0.717) is 25.9 Å². The van der Waals surface area contributed by atoms with Crippen LogP contribution in [-0.2, 0) is 31.1 Å². The minimum Gasteiger partial charge on any atom is -0.407 e. The lowest BCUT2D eigenvalue weighted by Crippen LogP contribution is -2.40. The number of anilines is 1. The molecule has 0 spiro atoms. The normalized spacial score (nSPS) is 16.5. The first kappa shape index (κ1) is 23.4. The van der Waals surface area contributed by atoms with Gasteiger partial charge < -0.3 is 4.42 Å².